The highest BCUT2D eigenvalue weighted by atomic mass is 15.1. The van der Waals surface area contributed by atoms with Gasteiger partial charge in [0.05, 0.1) is 17.4 Å². The number of hydrogen-bond donors (Lipinski definition) is 2. The second-order valence-electron chi connectivity index (χ2n) is 7.29. The minimum atomic E-state index is 0.508. The lowest BCUT2D eigenvalue weighted by Gasteiger charge is -2.26. The summed E-state index contributed by atoms with van der Waals surface area (Å²) in [4.78, 5) is 19.2. The third kappa shape index (κ3) is 3.13. The van der Waals surface area contributed by atoms with Crippen molar-refractivity contribution >= 4 is 27.8 Å². The highest BCUT2D eigenvalue weighted by molar-refractivity contribution is 6.07. The molecule has 4 aromatic rings. The zero-order valence-electron chi connectivity index (χ0n) is 15.2. The van der Waals surface area contributed by atoms with Gasteiger partial charge in [0, 0.05) is 35.3 Å². The summed E-state index contributed by atoms with van der Waals surface area (Å²) in [6.45, 7) is 3.38. The molecule has 1 aliphatic heterocycles. The van der Waals surface area contributed by atoms with Crippen LogP contribution in [0.1, 0.15) is 24.8 Å². The Balaban J connectivity index is 1.45. The number of rotatable bonds is 3. The summed E-state index contributed by atoms with van der Waals surface area (Å²) in [5.41, 5.74) is 10.8. The average Bonchev–Trinajstić information content (AvgIpc) is 3.06. The zero-order valence-corrected chi connectivity index (χ0v) is 15.2. The first-order chi connectivity index (χ1) is 13.3. The Morgan fingerprint density at radius 1 is 0.926 bits per heavy atom. The lowest BCUT2D eigenvalue weighted by Crippen LogP contribution is -2.29. The molecule has 1 fully saturated rings. The number of likely N-dealkylation sites (tertiary alicyclic amines) is 1. The van der Waals surface area contributed by atoms with Gasteiger partial charge in [-0.3, -0.25) is 9.88 Å². The fourth-order valence-electron chi connectivity index (χ4n) is 3.90. The number of anilines is 1. The topological polar surface area (TPSA) is 83.7 Å². The Kier molecular flexibility index (Phi) is 3.98. The first-order valence-corrected chi connectivity index (χ1v) is 9.47. The number of H-pyrrole nitrogens is 1. The molecule has 0 saturated carbocycles. The summed E-state index contributed by atoms with van der Waals surface area (Å²) < 4.78 is 0. The molecule has 0 amide bonds. The molecular weight excluding hydrogens is 336 g/mol. The molecule has 0 aliphatic carbocycles. The maximum absolute atomic E-state index is 5.85. The molecule has 1 saturated heterocycles. The first-order valence-electron chi connectivity index (χ1n) is 9.47. The van der Waals surface area contributed by atoms with Crippen LogP contribution in [-0.2, 0) is 6.54 Å². The van der Waals surface area contributed by atoms with E-state index in [-0.39, 0.29) is 0 Å². The monoisotopic (exact) mass is 358 g/mol. The second kappa shape index (κ2) is 6.63. The summed E-state index contributed by atoms with van der Waals surface area (Å²) in [5, 5.41) is 2.07. The van der Waals surface area contributed by atoms with E-state index >= 15 is 0 Å². The molecule has 0 aromatic carbocycles. The van der Waals surface area contributed by atoms with Crippen molar-refractivity contribution in [3.05, 3.63) is 48.4 Å². The van der Waals surface area contributed by atoms with E-state index in [2.05, 4.69) is 43.0 Å². The Morgan fingerprint density at radius 3 is 2.63 bits per heavy atom. The van der Waals surface area contributed by atoms with Crippen molar-refractivity contribution in [2.24, 2.45) is 0 Å². The zero-order chi connectivity index (χ0) is 18.2. The fraction of sp³-hybridized carbons (Fsp3) is 0.286. The van der Waals surface area contributed by atoms with E-state index < -0.39 is 0 Å². The number of nitrogens with two attached hydrogens (primary N) is 1. The number of nitrogens with zero attached hydrogens (tertiary/aromatic N) is 4. The predicted octanol–water partition coefficient (Wildman–Crippen LogP) is 3.74. The van der Waals surface area contributed by atoms with Crippen LogP contribution in [0.3, 0.4) is 0 Å². The van der Waals surface area contributed by atoms with E-state index in [1.165, 1.54) is 37.9 Å². The molecule has 1 aliphatic rings. The van der Waals surface area contributed by atoms with E-state index in [1.807, 2.05) is 18.5 Å². The highest BCUT2D eigenvalue weighted by Gasteiger charge is 2.12. The van der Waals surface area contributed by atoms with Crippen molar-refractivity contribution in [3.63, 3.8) is 0 Å². The molecule has 0 radical (unpaired) electrons. The normalized spacial score (nSPS) is 15.6. The van der Waals surface area contributed by atoms with Gasteiger partial charge in [-0.25, -0.2) is 9.97 Å². The molecule has 0 atom stereocenters. The SMILES string of the molecule is Nc1cc2c(cn1)[nH]c1ncc(-c3ccc(CN4CCCCC4)cn3)cc12. The van der Waals surface area contributed by atoms with Crippen LogP contribution in [0.4, 0.5) is 5.82 Å². The number of piperidine rings is 1. The van der Waals surface area contributed by atoms with Gasteiger partial charge in [-0.1, -0.05) is 12.5 Å². The van der Waals surface area contributed by atoms with Crippen molar-refractivity contribution in [1.29, 1.82) is 0 Å². The number of fused-ring (bicyclic) bond motifs is 3. The van der Waals surface area contributed by atoms with E-state index in [0.717, 1.165) is 39.7 Å². The van der Waals surface area contributed by atoms with Crippen LogP contribution in [0, 0.1) is 0 Å². The second-order valence-corrected chi connectivity index (χ2v) is 7.29. The number of nitrogens with one attached hydrogen (secondary N) is 1. The molecule has 0 bridgehead atoms. The molecule has 6 heteroatoms. The quantitative estimate of drug-likeness (QED) is 0.583. The molecule has 136 valence electrons. The molecule has 3 N–H and O–H groups in total. The molecule has 5 heterocycles. The van der Waals surface area contributed by atoms with Crippen molar-refractivity contribution < 1.29 is 0 Å². The highest BCUT2D eigenvalue weighted by Crippen LogP contribution is 2.28. The van der Waals surface area contributed by atoms with Crippen LogP contribution < -0.4 is 5.73 Å². The Morgan fingerprint density at radius 2 is 1.81 bits per heavy atom. The summed E-state index contributed by atoms with van der Waals surface area (Å²) in [5.74, 6) is 0.508. The van der Waals surface area contributed by atoms with E-state index in [1.54, 1.807) is 6.20 Å². The van der Waals surface area contributed by atoms with E-state index in [4.69, 9.17) is 5.73 Å². The Bertz CT molecular complexity index is 1090. The maximum atomic E-state index is 5.85. The van der Waals surface area contributed by atoms with Gasteiger partial charge in [-0.2, -0.15) is 0 Å². The van der Waals surface area contributed by atoms with Crippen molar-refractivity contribution in [2.45, 2.75) is 25.8 Å². The van der Waals surface area contributed by atoms with Crippen molar-refractivity contribution in [2.75, 3.05) is 18.8 Å². The molecule has 0 unspecified atom stereocenters. The minimum Gasteiger partial charge on any atom is -0.384 e. The third-order valence-electron chi connectivity index (χ3n) is 5.33. The lowest BCUT2D eigenvalue weighted by molar-refractivity contribution is 0.220. The van der Waals surface area contributed by atoms with Crippen LogP contribution in [0.15, 0.2) is 42.9 Å². The van der Waals surface area contributed by atoms with Gasteiger partial charge in [-0.15, -0.1) is 0 Å². The van der Waals surface area contributed by atoms with Crippen molar-refractivity contribution in [3.8, 4) is 11.3 Å². The van der Waals surface area contributed by atoms with Crippen molar-refractivity contribution in [1.82, 2.24) is 24.8 Å². The van der Waals surface area contributed by atoms with Gasteiger partial charge in [0.2, 0.25) is 0 Å². The van der Waals surface area contributed by atoms with Gasteiger partial charge in [0.15, 0.2) is 0 Å². The predicted molar refractivity (Wildman–Crippen MR) is 108 cm³/mol. The fourth-order valence-corrected chi connectivity index (χ4v) is 3.90. The number of hydrogen-bond acceptors (Lipinski definition) is 5. The largest absolute Gasteiger partial charge is 0.384 e. The van der Waals surface area contributed by atoms with Gasteiger partial charge in [-0.05, 0) is 49.7 Å². The molecule has 27 heavy (non-hydrogen) atoms. The standard InChI is InChI=1S/C21H22N6/c22-20-9-16-17-8-15(11-25-21(17)26-19(16)12-24-20)18-5-4-14(10-23-18)13-27-6-2-1-3-7-27/h4-5,8-12H,1-3,6-7,13H2,(H2,22,24)(H,25,26). The number of aromatic amines is 1. The number of nitrogen functional groups attached to an aromatic ring is 1. The first kappa shape index (κ1) is 16.2. The van der Waals surface area contributed by atoms with Gasteiger partial charge >= 0.3 is 0 Å². The van der Waals surface area contributed by atoms with Crippen LogP contribution >= 0.6 is 0 Å². The lowest BCUT2D eigenvalue weighted by atomic mass is 10.1. The maximum Gasteiger partial charge on any atom is 0.138 e. The summed E-state index contributed by atoms with van der Waals surface area (Å²) in [7, 11) is 0. The molecule has 4 aromatic heterocycles. The average molecular weight is 358 g/mol. The summed E-state index contributed by atoms with van der Waals surface area (Å²) >= 11 is 0. The third-order valence-corrected chi connectivity index (χ3v) is 5.33. The van der Waals surface area contributed by atoms with Gasteiger partial charge in [0.25, 0.3) is 0 Å². The molecule has 6 nitrogen and oxygen atoms in total. The Labute approximate surface area is 157 Å². The summed E-state index contributed by atoms with van der Waals surface area (Å²) in [6, 6.07) is 8.27. The van der Waals surface area contributed by atoms with E-state index in [9.17, 15) is 0 Å². The van der Waals surface area contributed by atoms with Gasteiger partial charge < -0.3 is 10.7 Å². The van der Waals surface area contributed by atoms with Crippen LogP contribution in [-0.4, -0.2) is 37.9 Å². The van der Waals surface area contributed by atoms with Gasteiger partial charge in [0.1, 0.15) is 11.5 Å². The van der Waals surface area contributed by atoms with E-state index in [0.29, 0.717) is 5.82 Å². The molecule has 5 rings (SSSR count). The van der Waals surface area contributed by atoms with Crippen LogP contribution in [0.2, 0.25) is 0 Å². The molecular formula is C21H22N6. The number of aromatic nitrogens is 4. The van der Waals surface area contributed by atoms with Crippen LogP contribution in [0.25, 0.3) is 33.2 Å². The minimum absolute atomic E-state index is 0.508. The number of pyridine rings is 3. The smallest absolute Gasteiger partial charge is 0.138 e. The molecule has 0 spiro atoms. The Hall–Kier alpha value is -2.99. The van der Waals surface area contributed by atoms with Crippen LogP contribution in [0.5, 0.6) is 0 Å². The summed E-state index contributed by atoms with van der Waals surface area (Å²) in [6.07, 6.45) is 9.58.